The SMILES string of the molecule is CC.OC(CNc1ccc(F)cc1)c1cc(C(F)(F)F)nc2c(C(F)(F)F)cccc12. The first-order valence-corrected chi connectivity index (χ1v) is 9.22. The number of fused-ring (bicyclic) bond motifs is 1. The number of aromatic nitrogens is 1. The number of aliphatic hydroxyl groups is 1. The van der Waals surface area contributed by atoms with Crippen molar-refractivity contribution in [3.8, 4) is 0 Å². The van der Waals surface area contributed by atoms with Crippen molar-refractivity contribution < 1.29 is 35.8 Å². The molecule has 0 aliphatic carbocycles. The van der Waals surface area contributed by atoms with E-state index in [2.05, 4.69) is 10.3 Å². The van der Waals surface area contributed by atoms with Gasteiger partial charge in [0.25, 0.3) is 0 Å². The molecule has 168 valence electrons. The Morgan fingerprint density at radius 1 is 0.935 bits per heavy atom. The molecule has 0 saturated carbocycles. The number of halogens is 7. The molecule has 0 bridgehead atoms. The number of alkyl halides is 6. The molecule has 0 aliphatic rings. The molecule has 3 nitrogen and oxygen atoms in total. The van der Waals surface area contributed by atoms with E-state index in [1.165, 1.54) is 12.1 Å². The van der Waals surface area contributed by atoms with Gasteiger partial charge >= 0.3 is 12.4 Å². The van der Waals surface area contributed by atoms with E-state index in [1.54, 1.807) is 0 Å². The zero-order valence-corrected chi connectivity index (χ0v) is 16.4. The fourth-order valence-electron chi connectivity index (χ4n) is 2.82. The third-order valence-corrected chi connectivity index (χ3v) is 4.17. The van der Waals surface area contributed by atoms with Crippen LogP contribution in [0.2, 0.25) is 0 Å². The van der Waals surface area contributed by atoms with Crippen molar-refractivity contribution in [2.75, 3.05) is 11.9 Å². The third-order valence-electron chi connectivity index (χ3n) is 4.17. The second-order valence-electron chi connectivity index (χ2n) is 6.20. The van der Waals surface area contributed by atoms with Crippen molar-refractivity contribution in [1.29, 1.82) is 0 Å². The van der Waals surface area contributed by atoms with Crippen LogP contribution in [0.4, 0.5) is 36.4 Å². The van der Waals surface area contributed by atoms with Crippen molar-refractivity contribution >= 4 is 16.6 Å². The van der Waals surface area contributed by atoms with Gasteiger partial charge in [0.2, 0.25) is 0 Å². The number of anilines is 1. The van der Waals surface area contributed by atoms with Crippen LogP contribution in [0.5, 0.6) is 0 Å². The van der Waals surface area contributed by atoms with Gasteiger partial charge in [-0.2, -0.15) is 26.3 Å². The monoisotopic (exact) mass is 448 g/mol. The minimum absolute atomic E-state index is 0.249. The van der Waals surface area contributed by atoms with E-state index in [-0.39, 0.29) is 17.5 Å². The summed E-state index contributed by atoms with van der Waals surface area (Å²) in [5.74, 6) is -0.509. The number of aliphatic hydroxyl groups excluding tert-OH is 1. The average molecular weight is 448 g/mol. The highest BCUT2D eigenvalue weighted by molar-refractivity contribution is 5.86. The van der Waals surface area contributed by atoms with Crippen LogP contribution in [0, 0.1) is 5.82 Å². The number of hydrogen-bond acceptors (Lipinski definition) is 3. The predicted molar refractivity (Wildman–Crippen MR) is 103 cm³/mol. The number of hydrogen-bond donors (Lipinski definition) is 2. The molecule has 1 unspecified atom stereocenters. The maximum absolute atomic E-state index is 13.3. The number of nitrogens with zero attached hydrogens (tertiary/aromatic N) is 1. The lowest BCUT2D eigenvalue weighted by Gasteiger charge is -2.19. The molecule has 3 aromatic rings. The van der Waals surface area contributed by atoms with Gasteiger partial charge in [0.05, 0.1) is 17.2 Å². The zero-order chi connectivity index (χ0) is 23.4. The quantitative estimate of drug-likeness (QED) is 0.443. The van der Waals surface area contributed by atoms with Gasteiger partial charge in [-0.25, -0.2) is 9.37 Å². The number of para-hydroxylation sites is 1. The average Bonchev–Trinajstić information content (AvgIpc) is 2.72. The van der Waals surface area contributed by atoms with E-state index in [0.717, 1.165) is 24.3 Å². The Morgan fingerprint density at radius 2 is 1.55 bits per heavy atom. The largest absolute Gasteiger partial charge is 0.433 e. The van der Waals surface area contributed by atoms with Gasteiger partial charge in [-0.05, 0) is 42.0 Å². The Bertz CT molecular complexity index is 1020. The van der Waals surface area contributed by atoms with Gasteiger partial charge < -0.3 is 10.4 Å². The Hall–Kier alpha value is -2.88. The maximum Gasteiger partial charge on any atom is 0.433 e. The molecule has 0 radical (unpaired) electrons. The Labute approximate surface area is 173 Å². The van der Waals surface area contributed by atoms with E-state index in [0.29, 0.717) is 17.8 Å². The molecular formula is C21H19F7N2O. The maximum atomic E-state index is 13.3. The standard InChI is InChI=1S/C19H13F7N2O.C2H6/c20-10-4-6-11(7-5-10)27-9-15(29)13-8-16(19(24,25)26)28-17-12(13)2-1-3-14(17)18(21,22)23;1-2/h1-8,15,27,29H,9H2;1-2H3. The lowest BCUT2D eigenvalue weighted by atomic mass is 9.99. The first-order chi connectivity index (χ1) is 14.5. The normalized spacial score (nSPS) is 12.8. The van der Waals surface area contributed by atoms with Crippen LogP contribution in [0.25, 0.3) is 10.9 Å². The van der Waals surface area contributed by atoms with Crippen molar-refractivity contribution in [3.05, 3.63) is 71.2 Å². The molecule has 3 rings (SSSR count). The molecule has 1 heterocycles. The van der Waals surface area contributed by atoms with Crippen LogP contribution in [0.15, 0.2) is 48.5 Å². The molecule has 0 fully saturated rings. The van der Waals surface area contributed by atoms with Crippen LogP contribution in [-0.2, 0) is 12.4 Å². The highest BCUT2D eigenvalue weighted by Gasteiger charge is 2.37. The van der Waals surface area contributed by atoms with Crippen LogP contribution in [-0.4, -0.2) is 16.6 Å². The highest BCUT2D eigenvalue weighted by atomic mass is 19.4. The minimum atomic E-state index is -5.01. The summed E-state index contributed by atoms with van der Waals surface area (Å²) in [6.45, 7) is 3.68. The first kappa shape index (κ1) is 24.4. The molecule has 0 spiro atoms. The topological polar surface area (TPSA) is 45.1 Å². The Balaban J connectivity index is 0.00000166. The summed E-state index contributed by atoms with van der Waals surface area (Å²) < 4.78 is 92.3. The predicted octanol–water partition coefficient (Wildman–Crippen LogP) is 6.58. The number of nitrogens with one attached hydrogen (secondary N) is 1. The Kier molecular flexibility index (Phi) is 7.48. The summed E-state index contributed by atoms with van der Waals surface area (Å²) in [5.41, 5.74) is -3.76. The molecule has 0 amide bonds. The fraction of sp³-hybridized carbons (Fsp3) is 0.286. The summed E-state index contributed by atoms with van der Waals surface area (Å²) in [6, 6.07) is 8.30. The first-order valence-electron chi connectivity index (χ1n) is 9.22. The van der Waals surface area contributed by atoms with Gasteiger partial charge in [-0.3, -0.25) is 0 Å². The molecule has 1 atom stereocenters. The number of benzene rings is 2. The number of rotatable bonds is 4. The second kappa shape index (κ2) is 9.51. The van der Waals surface area contributed by atoms with Gasteiger partial charge in [0.1, 0.15) is 11.5 Å². The third kappa shape index (κ3) is 5.84. The summed E-state index contributed by atoms with van der Waals surface area (Å²) in [6.07, 6.45) is -11.5. The van der Waals surface area contributed by atoms with Crippen molar-refractivity contribution in [1.82, 2.24) is 4.98 Å². The van der Waals surface area contributed by atoms with Crippen LogP contribution >= 0.6 is 0 Å². The van der Waals surface area contributed by atoms with E-state index in [9.17, 15) is 35.8 Å². The second-order valence-corrected chi connectivity index (χ2v) is 6.20. The smallest absolute Gasteiger partial charge is 0.387 e. The van der Waals surface area contributed by atoms with Gasteiger partial charge in [-0.1, -0.05) is 26.0 Å². The van der Waals surface area contributed by atoms with Crippen LogP contribution in [0.3, 0.4) is 0 Å². The molecule has 0 aliphatic heterocycles. The summed E-state index contributed by atoms with van der Waals surface area (Å²) in [5, 5.41) is 12.9. The minimum Gasteiger partial charge on any atom is -0.387 e. The van der Waals surface area contributed by atoms with Gasteiger partial charge in [0, 0.05) is 17.6 Å². The van der Waals surface area contributed by atoms with Crippen molar-refractivity contribution in [3.63, 3.8) is 0 Å². The molecule has 31 heavy (non-hydrogen) atoms. The van der Waals surface area contributed by atoms with E-state index in [4.69, 9.17) is 0 Å². The van der Waals surface area contributed by atoms with E-state index >= 15 is 0 Å². The molecule has 2 aromatic carbocycles. The molecule has 2 N–H and O–H groups in total. The van der Waals surface area contributed by atoms with Crippen LogP contribution < -0.4 is 5.32 Å². The zero-order valence-electron chi connectivity index (χ0n) is 16.4. The fourth-order valence-corrected chi connectivity index (χ4v) is 2.82. The highest BCUT2D eigenvalue weighted by Crippen LogP contribution is 2.38. The van der Waals surface area contributed by atoms with Gasteiger partial charge in [0.15, 0.2) is 0 Å². The molecular weight excluding hydrogens is 429 g/mol. The molecule has 1 aromatic heterocycles. The van der Waals surface area contributed by atoms with Gasteiger partial charge in [-0.15, -0.1) is 0 Å². The lowest BCUT2D eigenvalue weighted by molar-refractivity contribution is -0.142. The van der Waals surface area contributed by atoms with Crippen molar-refractivity contribution in [2.24, 2.45) is 0 Å². The van der Waals surface area contributed by atoms with Crippen molar-refractivity contribution in [2.45, 2.75) is 32.3 Å². The molecule has 0 saturated heterocycles. The summed E-state index contributed by atoms with van der Waals surface area (Å²) >= 11 is 0. The Morgan fingerprint density at radius 3 is 2.10 bits per heavy atom. The van der Waals surface area contributed by atoms with Crippen LogP contribution in [0.1, 0.15) is 36.8 Å². The molecule has 10 heteroatoms. The summed E-state index contributed by atoms with van der Waals surface area (Å²) in [4.78, 5) is 3.17. The van der Waals surface area contributed by atoms with E-state index < -0.39 is 41.0 Å². The number of pyridine rings is 1. The van der Waals surface area contributed by atoms with E-state index in [1.807, 2.05) is 13.8 Å². The summed E-state index contributed by atoms with van der Waals surface area (Å²) in [7, 11) is 0. The lowest BCUT2D eigenvalue weighted by Crippen LogP contribution is -2.17.